The van der Waals surface area contributed by atoms with E-state index in [9.17, 15) is 0 Å². The molecule has 2 aliphatic rings. The van der Waals surface area contributed by atoms with Crippen molar-refractivity contribution in [2.24, 2.45) is 11.7 Å². The van der Waals surface area contributed by atoms with E-state index in [0.29, 0.717) is 19.1 Å². The molecule has 3 nitrogen and oxygen atoms in total. The highest BCUT2D eigenvalue weighted by molar-refractivity contribution is 5.46. The van der Waals surface area contributed by atoms with Crippen LogP contribution in [0.5, 0.6) is 11.5 Å². The van der Waals surface area contributed by atoms with E-state index in [1.165, 1.54) is 18.4 Å². The Labute approximate surface area is 102 Å². The summed E-state index contributed by atoms with van der Waals surface area (Å²) in [4.78, 5) is 0. The maximum Gasteiger partial charge on any atom is 0.161 e. The van der Waals surface area contributed by atoms with Gasteiger partial charge in [-0.25, -0.2) is 0 Å². The van der Waals surface area contributed by atoms with Crippen molar-refractivity contribution in [3.63, 3.8) is 0 Å². The Morgan fingerprint density at radius 2 is 2.00 bits per heavy atom. The molecule has 2 unspecified atom stereocenters. The molecular weight excluding hydrogens is 214 g/mol. The smallest absolute Gasteiger partial charge is 0.161 e. The third kappa shape index (κ3) is 1.69. The summed E-state index contributed by atoms with van der Waals surface area (Å²) in [6.07, 6.45) is 3.49. The van der Waals surface area contributed by atoms with Crippen LogP contribution < -0.4 is 15.2 Å². The Bertz CT molecular complexity index is 432. The first-order valence-corrected chi connectivity index (χ1v) is 6.39. The minimum Gasteiger partial charge on any atom is -0.486 e. The van der Waals surface area contributed by atoms with E-state index >= 15 is 0 Å². The summed E-state index contributed by atoms with van der Waals surface area (Å²) < 4.78 is 11.2. The van der Waals surface area contributed by atoms with Gasteiger partial charge in [-0.05, 0) is 36.5 Å². The summed E-state index contributed by atoms with van der Waals surface area (Å²) in [5.41, 5.74) is 7.56. The molecule has 0 radical (unpaired) electrons. The fraction of sp³-hybridized carbons (Fsp3) is 0.571. The Balaban J connectivity index is 1.98. The van der Waals surface area contributed by atoms with Gasteiger partial charge < -0.3 is 15.2 Å². The molecule has 92 valence electrons. The first-order chi connectivity index (χ1) is 8.20. The van der Waals surface area contributed by atoms with Gasteiger partial charge in [0.1, 0.15) is 13.2 Å². The van der Waals surface area contributed by atoms with Crippen LogP contribution in [0.4, 0.5) is 0 Å². The molecule has 2 N–H and O–H groups in total. The zero-order valence-corrected chi connectivity index (χ0v) is 10.2. The summed E-state index contributed by atoms with van der Waals surface area (Å²) in [6, 6.07) is 6.15. The van der Waals surface area contributed by atoms with Crippen molar-refractivity contribution in [1.82, 2.24) is 0 Å². The highest BCUT2D eigenvalue weighted by Crippen LogP contribution is 2.43. The van der Waals surface area contributed by atoms with Crippen molar-refractivity contribution in [3.8, 4) is 11.5 Å². The van der Waals surface area contributed by atoms with Gasteiger partial charge in [0, 0.05) is 5.54 Å². The molecule has 1 aliphatic heterocycles. The van der Waals surface area contributed by atoms with Gasteiger partial charge in [-0.1, -0.05) is 19.4 Å². The molecule has 17 heavy (non-hydrogen) atoms. The SMILES string of the molecule is CC1CCCC1(N)c1ccc2c(c1)OCCO2. The lowest BCUT2D eigenvalue weighted by Gasteiger charge is -2.31. The summed E-state index contributed by atoms with van der Waals surface area (Å²) in [5.74, 6) is 2.22. The predicted molar refractivity (Wildman–Crippen MR) is 66.3 cm³/mol. The van der Waals surface area contributed by atoms with Crippen molar-refractivity contribution in [1.29, 1.82) is 0 Å². The van der Waals surface area contributed by atoms with Gasteiger partial charge in [-0.15, -0.1) is 0 Å². The van der Waals surface area contributed by atoms with E-state index in [2.05, 4.69) is 19.1 Å². The fourth-order valence-electron chi connectivity index (χ4n) is 2.97. The van der Waals surface area contributed by atoms with E-state index in [0.717, 1.165) is 17.9 Å². The number of rotatable bonds is 1. The summed E-state index contributed by atoms with van der Waals surface area (Å²) in [6.45, 7) is 3.50. The van der Waals surface area contributed by atoms with Crippen molar-refractivity contribution < 1.29 is 9.47 Å². The molecule has 1 aromatic carbocycles. The average Bonchev–Trinajstić information content (AvgIpc) is 2.70. The Kier molecular flexibility index (Phi) is 2.51. The maximum atomic E-state index is 6.56. The molecule has 1 saturated carbocycles. The minimum absolute atomic E-state index is 0.185. The van der Waals surface area contributed by atoms with Crippen molar-refractivity contribution in [3.05, 3.63) is 23.8 Å². The minimum atomic E-state index is -0.185. The molecule has 1 fully saturated rings. The number of ether oxygens (including phenoxy) is 2. The lowest BCUT2D eigenvalue weighted by molar-refractivity contribution is 0.171. The van der Waals surface area contributed by atoms with Crippen molar-refractivity contribution in [2.45, 2.75) is 31.7 Å². The van der Waals surface area contributed by atoms with Gasteiger partial charge in [0.05, 0.1) is 0 Å². The first-order valence-electron chi connectivity index (χ1n) is 6.39. The van der Waals surface area contributed by atoms with Crippen LogP contribution in [0.1, 0.15) is 31.7 Å². The lowest BCUT2D eigenvalue weighted by Crippen LogP contribution is -2.39. The van der Waals surface area contributed by atoms with Gasteiger partial charge in [0.25, 0.3) is 0 Å². The molecule has 0 saturated heterocycles. The van der Waals surface area contributed by atoms with Crippen LogP contribution >= 0.6 is 0 Å². The largest absolute Gasteiger partial charge is 0.486 e. The summed E-state index contributed by atoms with van der Waals surface area (Å²) in [5, 5.41) is 0. The van der Waals surface area contributed by atoms with Gasteiger partial charge in [0.2, 0.25) is 0 Å². The van der Waals surface area contributed by atoms with Gasteiger partial charge in [-0.2, -0.15) is 0 Å². The Morgan fingerprint density at radius 1 is 1.24 bits per heavy atom. The standard InChI is InChI=1S/C14H19NO2/c1-10-3-2-6-14(10,15)11-4-5-12-13(9-11)17-8-7-16-12/h4-5,9-10H,2-3,6-8,15H2,1H3. The molecule has 1 heterocycles. The second-order valence-corrected chi connectivity index (χ2v) is 5.19. The molecule has 1 aliphatic carbocycles. The van der Waals surface area contributed by atoms with Crippen LogP contribution in [-0.4, -0.2) is 13.2 Å². The highest BCUT2D eigenvalue weighted by atomic mass is 16.6. The quantitative estimate of drug-likeness (QED) is 0.810. The van der Waals surface area contributed by atoms with Crippen LogP contribution in [0, 0.1) is 5.92 Å². The monoisotopic (exact) mass is 233 g/mol. The maximum absolute atomic E-state index is 6.56. The number of hydrogen-bond acceptors (Lipinski definition) is 3. The highest BCUT2D eigenvalue weighted by Gasteiger charge is 2.38. The van der Waals surface area contributed by atoms with Crippen LogP contribution in [0.2, 0.25) is 0 Å². The van der Waals surface area contributed by atoms with E-state index in [4.69, 9.17) is 15.2 Å². The third-order valence-corrected chi connectivity index (χ3v) is 4.19. The molecule has 2 atom stereocenters. The van der Waals surface area contributed by atoms with Gasteiger partial charge >= 0.3 is 0 Å². The second-order valence-electron chi connectivity index (χ2n) is 5.19. The van der Waals surface area contributed by atoms with Gasteiger partial charge in [-0.3, -0.25) is 0 Å². The topological polar surface area (TPSA) is 44.5 Å². The van der Waals surface area contributed by atoms with Crippen LogP contribution in [-0.2, 0) is 5.54 Å². The number of benzene rings is 1. The zero-order valence-electron chi connectivity index (χ0n) is 10.2. The molecule has 1 aromatic rings. The summed E-state index contributed by atoms with van der Waals surface area (Å²) in [7, 11) is 0. The molecule has 3 heteroatoms. The molecule has 0 bridgehead atoms. The predicted octanol–water partition coefficient (Wildman–Crippen LogP) is 2.43. The van der Waals surface area contributed by atoms with Crippen LogP contribution in [0.25, 0.3) is 0 Å². The average molecular weight is 233 g/mol. The van der Waals surface area contributed by atoms with E-state index in [1.807, 2.05) is 6.07 Å². The molecule has 3 rings (SSSR count). The third-order valence-electron chi connectivity index (χ3n) is 4.19. The van der Waals surface area contributed by atoms with Gasteiger partial charge in [0.15, 0.2) is 11.5 Å². The second kappa shape index (κ2) is 3.91. The van der Waals surface area contributed by atoms with E-state index in [-0.39, 0.29) is 5.54 Å². The molecule has 0 spiro atoms. The van der Waals surface area contributed by atoms with E-state index < -0.39 is 0 Å². The zero-order chi connectivity index (χ0) is 11.9. The van der Waals surface area contributed by atoms with Crippen molar-refractivity contribution >= 4 is 0 Å². The van der Waals surface area contributed by atoms with Crippen molar-refractivity contribution in [2.75, 3.05) is 13.2 Å². The summed E-state index contributed by atoms with van der Waals surface area (Å²) >= 11 is 0. The Hall–Kier alpha value is -1.22. The lowest BCUT2D eigenvalue weighted by atomic mass is 9.82. The van der Waals surface area contributed by atoms with Crippen LogP contribution in [0.3, 0.4) is 0 Å². The Morgan fingerprint density at radius 3 is 2.71 bits per heavy atom. The molecular formula is C14H19NO2. The van der Waals surface area contributed by atoms with Crippen LogP contribution in [0.15, 0.2) is 18.2 Å². The van der Waals surface area contributed by atoms with E-state index in [1.54, 1.807) is 0 Å². The normalized spacial score (nSPS) is 31.5. The number of hydrogen-bond donors (Lipinski definition) is 1. The fourth-order valence-corrected chi connectivity index (χ4v) is 2.97. The number of fused-ring (bicyclic) bond motifs is 1. The number of nitrogens with two attached hydrogens (primary N) is 1. The first kappa shape index (κ1) is 10.9. The molecule has 0 aromatic heterocycles. The molecule has 0 amide bonds.